The number of amides is 2. The van der Waals surface area contributed by atoms with Gasteiger partial charge >= 0.3 is 5.97 Å². The zero-order valence-electron chi connectivity index (χ0n) is 21.4. The lowest BCUT2D eigenvalue weighted by molar-refractivity contribution is -0.127. The number of ether oxygens (including phenoxy) is 2. The number of hydrogen-bond acceptors (Lipinski definition) is 7. The second-order valence-electron chi connectivity index (χ2n) is 9.86. The fourth-order valence-corrected chi connectivity index (χ4v) is 5.98. The number of esters is 1. The molecule has 8 heteroatoms. The maximum Gasteiger partial charge on any atom is 0.338 e. The third-order valence-corrected chi connectivity index (χ3v) is 7.87. The first-order chi connectivity index (χ1) is 18.8. The van der Waals surface area contributed by atoms with Crippen LogP contribution in [-0.4, -0.2) is 41.6 Å². The number of carbonyl (C=O) groups excluding carboxylic acids is 5. The van der Waals surface area contributed by atoms with Crippen LogP contribution in [0.5, 0.6) is 0 Å². The molecule has 3 atom stereocenters. The van der Waals surface area contributed by atoms with Crippen molar-refractivity contribution in [2.45, 2.75) is 32.0 Å². The Morgan fingerprint density at radius 3 is 2.03 bits per heavy atom. The average molecular weight is 524 g/mol. The summed E-state index contributed by atoms with van der Waals surface area (Å²) in [6, 6.07) is 19.7. The highest BCUT2D eigenvalue weighted by atomic mass is 16.5. The van der Waals surface area contributed by atoms with Crippen LogP contribution < -0.4 is 4.90 Å². The Labute approximate surface area is 224 Å². The Bertz CT molecular complexity index is 1500. The van der Waals surface area contributed by atoms with Crippen molar-refractivity contribution in [3.05, 3.63) is 101 Å². The second-order valence-corrected chi connectivity index (χ2v) is 9.86. The van der Waals surface area contributed by atoms with E-state index in [1.165, 1.54) is 24.3 Å². The van der Waals surface area contributed by atoms with E-state index < -0.39 is 52.9 Å². The molecule has 2 heterocycles. The second kappa shape index (κ2) is 9.10. The normalized spacial score (nSPS) is 22.9. The van der Waals surface area contributed by atoms with Gasteiger partial charge < -0.3 is 9.47 Å². The topological polar surface area (TPSA) is 107 Å². The molecule has 3 aliphatic rings. The first kappa shape index (κ1) is 24.9. The lowest BCUT2D eigenvalue weighted by atomic mass is 9.77. The predicted molar refractivity (Wildman–Crippen MR) is 139 cm³/mol. The average Bonchev–Trinajstić information content (AvgIpc) is 3.53. The van der Waals surface area contributed by atoms with Crippen LogP contribution in [0.4, 0.5) is 5.69 Å². The molecule has 2 aliphatic heterocycles. The van der Waals surface area contributed by atoms with E-state index >= 15 is 0 Å². The van der Waals surface area contributed by atoms with Gasteiger partial charge in [0.05, 0.1) is 35.8 Å². The number of rotatable bonds is 5. The number of fused-ring (bicyclic) bond motifs is 3. The minimum absolute atomic E-state index is 0.181. The number of benzene rings is 3. The van der Waals surface area contributed by atoms with Gasteiger partial charge in [-0.25, -0.2) is 9.69 Å². The summed E-state index contributed by atoms with van der Waals surface area (Å²) in [4.78, 5) is 68.8. The van der Waals surface area contributed by atoms with Crippen LogP contribution in [-0.2, 0) is 25.5 Å². The smallest absolute Gasteiger partial charge is 0.338 e. The summed E-state index contributed by atoms with van der Waals surface area (Å²) in [7, 11) is 0. The monoisotopic (exact) mass is 523 g/mol. The number of aryl methyl sites for hydroxylation is 1. The van der Waals surface area contributed by atoms with Gasteiger partial charge in [-0.05, 0) is 48.7 Å². The highest BCUT2D eigenvalue weighted by Crippen LogP contribution is 2.57. The summed E-state index contributed by atoms with van der Waals surface area (Å²) in [5.74, 6) is -5.40. The van der Waals surface area contributed by atoms with E-state index in [1.807, 2.05) is 31.2 Å². The summed E-state index contributed by atoms with van der Waals surface area (Å²) in [6.45, 7) is 3.92. The van der Waals surface area contributed by atoms with Crippen LogP contribution in [0.15, 0.2) is 72.8 Å². The maximum absolute atomic E-state index is 14.0. The Morgan fingerprint density at radius 2 is 1.46 bits per heavy atom. The first-order valence-electron chi connectivity index (χ1n) is 12.9. The molecular formula is C31H25NO7. The fraction of sp³-hybridized carbons (Fsp3) is 0.258. The Kier molecular flexibility index (Phi) is 5.80. The molecule has 2 amide bonds. The molecule has 39 heavy (non-hydrogen) atoms. The first-order valence-corrected chi connectivity index (χ1v) is 12.9. The van der Waals surface area contributed by atoms with Crippen LogP contribution in [0.3, 0.4) is 0 Å². The van der Waals surface area contributed by atoms with E-state index in [2.05, 4.69) is 0 Å². The van der Waals surface area contributed by atoms with Gasteiger partial charge in [-0.2, -0.15) is 0 Å². The number of imide groups is 1. The number of carbonyl (C=O) groups is 5. The van der Waals surface area contributed by atoms with Gasteiger partial charge in [-0.15, -0.1) is 0 Å². The van der Waals surface area contributed by atoms with Crippen LogP contribution in [0.2, 0.25) is 0 Å². The van der Waals surface area contributed by atoms with E-state index in [0.29, 0.717) is 5.56 Å². The van der Waals surface area contributed by atoms with Crippen molar-refractivity contribution in [1.29, 1.82) is 0 Å². The van der Waals surface area contributed by atoms with Gasteiger partial charge in [-0.1, -0.05) is 55.5 Å². The molecular weight excluding hydrogens is 498 g/mol. The van der Waals surface area contributed by atoms with Crippen LogP contribution in [0, 0.1) is 11.8 Å². The minimum atomic E-state index is -2.13. The maximum atomic E-state index is 14.0. The van der Waals surface area contributed by atoms with Gasteiger partial charge in [0.1, 0.15) is 0 Å². The van der Waals surface area contributed by atoms with Crippen LogP contribution in [0.25, 0.3) is 0 Å². The number of anilines is 1. The molecule has 2 fully saturated rings. The van der Waals surface area contributed by atoms with E-state index in [1.54, 1.807) is 31.2 Å². The molecule has 3 aromatic rings. The third kappa shape index (κ3) is 3.44. The molecule has 0 bridgehead atoms. The van der Waals surface area contributed by atoms with Crippen molar-refractivity contribution in [2.75, 3.05) is 11.5 Å². The lowest BCUT2D eigenvalue weighted by Gasteiger charge is -2.27. The molecule has 0 aromatic heterocycles. The van der Waals surface area contributed by atoms with Crippen LogP contribution in [0.1, 0.15) is 62.2 Å². The Balaban J connectivity index is 1.46. The Morgan fingerprint density at radius 1 is 0.846 bits per heavy atom. The van der Waals surface area contributed by atoms with E-state index in [4.69, 9.17) is 9.47 Å². The zero-order valence-corrected chi connectivity index (χ0v) is 21.4. The van der Waals surface area contributed by atoms with Crippen molar-refractivity contribution < 1.29 is 33.4 Å². The summed E-state index contributed by atoms with van der Waals surface area (Å²) in [5.41, 5.74) is 0.413. The molecule has 3 aromatic carbocycles. The molecule has 0 radical (unpaired) electrons. The summed E-state index contributed by atoms with van der Waals surface area (Å²) in [5, 5.41) is 0. The number of hydrogen-bond donors (Lipinski definition) is 0. The molecule has 2 saturated heterocycles. The predicted octanol–water partition coefficient (Wildman–Crippen LogP) is 4.12. The molecule has 1 spiro atoms. The quantitative estimate of drug-likeness (QED) is 0.281. The summed E-state index contributed by atoms with van der Waals surface area (Å²) >= 11 is 0. The highest BCUT2D eigenvalue weighted by Gasteiger charge is 2.74. The molecule has 196 valence electrons. The molecule has 8 nitrogen and oxygen atoms in total. The SMILES string of the molecule is CCOC(=O)c1ccc(N2C(=O)[C@H]3[C@@H](C2=O)C2(O[C@H]3c3ccc(CC)cc3)C(=O)c3ccccc3C2=O)cc1. The van der Waals surface area contributed by atoms with E-state index in [0.717, 1.165) is 16.9 Å². The Hall–Kier alpha value is -4.43. The molecule has 6 rings (SSSR count). The fourth-order valence-electron chi connectivity index (χ4n) is 5.98. The number of Topliss-reactive ketones (excluding diaryl/α,β-unsaturated/α-hetero) is 2. The largest absolute Gasteiger partial charge is 0.462 e. The van der Waals surface area contributed by atoms with Crippen molar-refractivity contribution in [3.8, 4) is 0 Å². The van der Waals surface area contributed by atoms with Gasteiger partial charge in [0.15, 0.2) is 0 Å². The standard InChI is InChI=1S/C31H25NO7/c1-3-17-9-11-18(12-10-17)25-23-24(31(39-25)26(33)21-7-5-6-8-22(21)27(31)34)29(36)32(28(23)35)20-15-13-19(14-16-20)30(37)38-4-2/h5-16,23-25H,3-4H2,1-2H3/t23-,24-,25-/m0/s1. The minimum Gasteiger partial charge on any atom is -0.462 e. The van der Waals surface area contributed by atoms with E-state index in [9.17, 15) is 24.0 Å². The van der Waals surface area contributed by atoms with Gasteiger partial charge in [0, 0.05) is 11.1 Å². The highest BCUT2D eigenvalue weighted by molar-refractivity contribution is 6.37. The third-order valence-electron chi connectivity index (χ3n) is 7.87. The molecule has 0 N–H and O–H groups in total. The van der Waals surface area contributed by atoms with Crippen molar-refractivity contribution in [1.82, 2.24) is 0 Å². The molecule has 0 unspecified atom stereocenters. The van der Waals surface area contributed by atoms with E-state index in [-0.39, 0.29) is 29.0 Å². The van der Waals surface area contributed by atoms with Gasteiger partial charge in [-0.3, -0.25) is 19.2 Å². The number of nitrogens with zero attached hydrogens (tertiary/aromatic N) is 1. The number of ketones is 2. The summed E-state index contributed by atoms with van der Waals surface area (Å²) < 4.78 is 11.3. The summed E-state index contributed by atoms with van der Waals surface area (Å²) in [6.07, 6.45) is -0.176. The van der Waals surface area contributed by atoms with Crippen molar-refractivity contribution in [2.24, 2.45) is 11.8 Å². The van der Waals surface area contributed by atoms with Crippen LogP contribution >= 0.6 is 0 Å². The zero-order chi connectivity index (χ0) is 27.5. The molecule has 0 saturated carbocycles. The van der Waals surface area contributed by atoms with Gasteiger partial charge in [0.25, 0.3) is 0 Å². The molecule has 1 aliphatic carbocycles. The van der Waals surface area contributed by atoms with Crippen molar-refractivity contribution >= 4 is 35.0 Å². The lowest BCUT2D eigenvalue weighted by Crippen LogP contribution is -2.51. The van der Waals surface area contributed by atoms with Crippen molar-refractivity contribution in [3.63, 3.8) is 0 Å². The van der Waals surface area contributed by atoms with Gasteiger partial charge in [0.2, 0.25) is 29.0 Å².